The molecule has 0 atom stereocenters. The van der Waals surface area contributed by atoms with Crippen LogP contribution in [-0.4, -0.2) is 14.2 Å². The summed E-state index contributed by atoms with van der Waals surface area (Å²) in [6.07, 6.45) is 0. The number of sulfonamides is 1. The molecule has 0 aliphatic carbocycles. The first-order valence-electron chi connectivity index (χ1n) is 6.30. The largest absolute Gasteiger partial charge is 0.295 e. The Morgan fingerprint density at radius 2 is 1.77 bits per heavy atom. The molecule has 0 saturated heterocycles. The van der Waals surface area contributed by atoms with Crippen molar-refractivity contribution in [2.75, 3.05) is 4.72 Å². The van der Waals surface area contributed by atoms with Gasteiger partial charge < -0.3 is 0 Å². The summed E-state index contributed by atoms with van der Waals surface area (Å²) in [6.45, 7) is 3.06. The van der Waals surface area contributed by atoms with E-state index in [0.717, 1.165) is 0 Å². The number of hydrogen-bond acceptors (Lipinski definition) is 3. The van der Waals surface area contributed by atoms with Crippen molar-refractivity contribution in [1.82, 2.24) is 0 Å². The van der Waals surface area contributed by atoms with Gasteiger partial charge in [-0.25, -0.2) is 8.42 Å². The lowest BCUT2D eigenvalue weighted by Crippen LogP contribution is -2.15. The Labute approximate surface area is 139 Å². The van der Waals surface area contributed by atoms with Gasteiger partial charge in [-0.2, -0.15) is 0 Å². The Kier molecular flexibility index (Phi) is 4.80. The highest BCUT2D eigenvalue weighted by molar-refractivity contribution is 7.92. The average Bonchev–Trinajstić information content (AvgIpc) is 2.43. The number of hydrogen-bond donors (Lipinski definition) is 1. The zero-order valence-electron chi connectivity index (χ0n) is 11.9. The summed E-state index contributed by atoms with van der Waals surface area (Å²) in [5.41, 5.74) is 1.06. The van der Waals surface area contributed by atoms with E-state index in [1.165, 1.54) is 31.2 Å². The highest BCUT2D eigenvalue weighted by Crippen LogP contribution is 2.28. The molecule has 7 heteroatoms. The van der Waals surface area contributed by atoms with Crippen molar-refractivity contribution in [2.24, 2.45) is 0 Å². The predicted molar refractivity (Wildman–Crippen MR) is 88.5 cm³/mol. The number of carbonyl (C=O) groups excluding carboxylic acids is 1. The summed E-state index contributed by atoms with van der Waals surface area (Å²) in [7, 11) is -3.86. The summed E-state index contributed by atoms with van der Waals surface area (Å²) in [4.78, 5) is 11.5. The number of anilines is 1. The molecule has 116 valence electrons. The molecule has 0 spiro atoms. The van der Waals surface area contributed by atoms with Crippen LogP contribution in [0, 0.1) is 6.92 Å². The van der Waals surface area contributed by atoms with Crippen LogP contribution in [0.3, 0.4) is 0 Å². The number of aryl methyl sites for hydroxylation is 1. The normalized spacial score (nSPS) is 11.3. The second-order valence-electron chi connectivity index (χ2n) is 4.77. The summed E-state index contributed by atoms with van der Waals surface area (Å²) >= 11 is 11.9. The molecule has 4 nitrogen and oxygen atoms in total. The van der Waals surface area contributed by atoms with Crippen LogP contribution in [-0.2, 0) is 10.0 Å². The van der Waals surface area contributed by atoms with Gasteiger partial charge in [0.25, 0.3) is 10.0 Å². The van der Waals surface area contributed by atoms with E-state index in [4.69, 9.17) is 23.2 Å². The van der Waals surface area contributed by atoms with Gasteiger partial charge in [0.15, 0.2) is 5.78 Å². The van der Waals surface area contributed by atoms with Crippen LogP contribution in [0.1, 0.15) is 22.8 Å². The van der Waals surface area contributed by atoms with Crippen LogP contribution in [0.25, 0.3) is 0 Å². The Hall–Kier alpha value is -1.56. The second-order valence-corrected chi connectivity index (χ2v) is 7.26. The molecular formula is C15H13Cl2NO3S. The van der Waals surface area contributed by atoms with Gasteiger partial charge in [-0.05, 0) is 49.7 Å². The first-order valence-corrected chi connectivity index (χ1v) is 8.54. The maximum Gasteiger partial charge on any atom is 0.262 e. The fourth-order valence-electron chi connectivity index (χ4n) is 1.89. The third kappa shape index (κ3) is 3.61. The first-order chi connectivity index (χ1) is 10.2. The number of nitrogens with one attached hydrogen (secondary N) is 1. The minimum atomic E-state index is -3.86. The number of ketones is 1. The minimum Gasteiger partial charge on any atom is -0.295 e. The summed E-state index contributed by atoms with van der Waals surface area (Å²) in [5.74, 6) is -0.184. The molecule has 0 aliphatic heterocycles. The smallest absolute Gasteiger partial charge is 0.262 e. The zero-order valence-corrected chi connectivity index (χ0v) is 14.2. The van der Waals surface area contributed by atoms with Crippen LogP contribution in [0.15, 0.2) is 41.3 Å². The van der Waals surface area contributed by atoms with Gasteiger partial charge in [-0.1, -0.05) is 29.3 Å². The lowest BCUT2D eigenvalue weighted by molar-refractivity contribution is 0.101. The summed E-state index contributed by atoms with van der Waals surface area (Å²) in [6, 6.07) is 9.00. The van der Waals surface area contributed by atoms with Crippen molar-refractivity contribution in [1.29, 1.82) is 0 Å². The van der Waals surface area contributed by atoms with Crippen molar-refractivity contribution in [2.45, 2.75) is 18.7 Å². The van der Waals surface area contributed by atoms with Gasteiger partial charge in [0.2, 0.25) is 0 Å². The van der Waals surface area contributed by atoms with Gasteiger partial charge in [-0.3, -0.25) is 9.52 Å². The number of benzene rings is 2. The molecule has 0 aromatic heterocycles. The second kappa shape index (κ2) is 6.28. The fourth-order valence-corrected chi connectivity index (χ4v) is 3.69. The van der Waals surface area contributed by atoms with Crippen molar-refractivity contribution < 1.29 is 13.2 Å². The highest BCUT2D eigenvalue weighted by Gasteiger charge is 2.19. The monoisotopic (exact) mass is 357 g/mol. The van der Waals surface area contributed by atoms with Crippen molar-refractivity contribution in [3.8, 4) is 0 Å². The summed E-state index contributed by atoms with van der Waals surface area (Å²) in [5, 5.41) is 0.516. The predicted octanol–water partition coefficient (Wildman–Crippen LogP) is 4.31. The van der Waals surface area contributed by atoms with Gasteiger partial charge in [-0.15, -0.1) is 0 Å². The molecule has 0 radical (unpaired) electrons. The molecule has 0 unspecified atom stereocenters. The molecule has 0 aliphatic rings. The average molecular weight is 358 g/mol. The van der Waals surface area contributed by atoms with Crippen LogP contribution in [0.5, 0.6) is 0 Å². The Morgan fingerprint density at radius 3 is 2.41 bits per heavy atom. The molecule has 2 rings (SSSR count). The number of rotatable bonds is 4. The third-order valence-electron chi connectivity index (χ3n) is 3.06. The van der Waals surface area contributed by atoms with Crippen molar-refractivity contribution >= 4 is 44.7 Å². The fraction of sp³-hybridized carbons (Fsp3) is 0.133. The molecular weight excluding hydrogens is 345 g/mol. The zero-order chi connectivity index (χ0) is 16.5. The van der Waals surface area contributed by atoms with Crippen LogP contribution < -0.4 is 4.72 Å². The van der Waals surface area contributed by atoms with E-state index in [1.54, 1.807) is 19.1 Å². The van der Waals surface area contributed by atoms with Crippen molar-refractivity contribution in [3.63, 3.8) is 0 Å². The molecule has 1 N–H and O–H groups in total. The SMILES string of the molecule is CC(=O)c1ccc(Cl)c(NS(=O)(=O)c2cc(Cl)ccc2C)c1. The molecule has 22 heavy (non-hydrogen) atoms. The van der Waals surface area contributed by atoms with E-state index in [0.29, 0.717) is 16.1 Å². The van der Waals surface area contributed by atoms with E-state index < -0.39 is 10.0 Å². The van der Waals surface area contributed by atoms with Crippen LogP contribution in [0.4, 0.5) is 5.69 Å². The maximum absolute atomic E-state index is 12.5. The Balaban J connectivity index is 2.47. The molecule has 0 bridgehead atoms. The third-order valence-corrected chi connectivity index (χ3v) is 5.13. The van der Waals surface area contributed by atoms with Gasteiger partial charge in [0, 0.05) is 10.6 Å². The van der Waals surface area contributed by atoms with E-state index in [1.807, 2.05) is 0 Å². The molecule has 0 saturated carbocycles. The maximum atomic E-state index is 12.5. The molecule has 0 heterocycles. The molecule has 0 fully saturated rings. The summed E-state index contributed by atoms with van der Waals surface area (Å²) < 4.78 is 27.4. The molecule has 2 aromatic rings. The Morgan fingerprint density at radius 1 is 1.09 bits per heavy atom. The highest BCUT2D eigenvalue weighted by atomic mass is 35.5. The number of carbonyl (C=O) groups is 1. The first kappa shape index (κ1) is 16.8. The van der Waals surface area contributed by atoms with Gasteiger partial charge >= 0.3 is 0 Å². The minimum absolute atomic E-state index is 0.0595. The number of Topliss-reactive ketones (excluding diaryl/α,β-unsaturated/α-hetero) is 1. The van der Waals surface area contributed by atoms with E-state index in [9.17, 15) is 13.2 Å². The number of halogens is 2. The Bertz CT molecular complexity index is 848. The quantitative estimate of drug-likeness (QED) is 0.829. The van der Waals surface area contributed by atoms with E-state index in [-0.39, 0.29) is 21.4 Å². The van der Waals surface area contributed by atoms with Gasteiger partial charge in [0.05, 0.1) is 15.6 Å². The standard InChI is InChI=1S/C15H13Cl2NO3S/c1-9-3-5-12(16)8-15(9)22(20,21)18-14-7-11(10(2)19)4-6-13(14)17/h3-8,18H,1-2H3. The topological polar surface area (TPSA) is 63.2 Å². The molecule has 0 amide bonds. The van der Waals surface area contributed by atoms with Crippen LogP contribution >= 0.6 is 23.2 Å². The van der Waals surface area contributed by atoms with Crippen molar-refractivity contribution in [3.05, 3.63) is 57.6 Å². The van der Waals surface area contributed by atoms with Gasteiger partial charge in [0.1, 0.15) is 0 Å². The van der Waals surface area contributed by atoms with E-state index >= 15 is 0 Å². The lowest BCUT2D eigenvalue weighted by Gasteiger charge is -2.12. The van der Waals surface area contributed by atoms with Crippen LogP contribution in [0.2, 0.25) is 10.0 Å². The van der Waals surface area contributed by atoms with E-state index in [2.05, 4.69) is 4.72 Å². The lowest BCUT2D eigenvalue weighted by atomic mass is 10.1. The molecule has 2 aromatic carbocycles.